The zero-order valence-corrected chi connectivity index (χ0v) is 19.6. The van der Waals surface area contributed by atoms with Crippen molar-refractivity contribution in [2.45, 2.75) is 6.61 Å². The number of nitrogens with zero attached hydrogens (tertiary/aromatic N) is 2. The van der Waals surface area contributed by atoms with Crippen LogP contribution in [0.2, 0.25) is 0 Å². The lowest BCUT2D eigenvalue weighted by molar-refractivity contribution is -0.122. The Morgan fingerprint density at radius 3 is 2.51 bits per heavy atom. The van der Waals surface area contributed by atoms with Gasteiger partial charge in [-0.05, 0) is 41.6 Å². The van der Waals surface area contributed by atoms with Gasteiger partial charge >= 0.3 is 0 Å². The van der Waals surface area contributed by atoms with Crippen molar-refractivity contribution in [3.8, 4) is 17.6 Å². The molecule has 7 nitrogen and oxygen atoms in total. The summed E-state index contributed by atoms with van der Waals surface area (Å²) in [6.07, 6.45) is 1.58. The normalized spacial score (nSPS) is 14.2. The van der Waals surface area contributed by atoms with Crippen LogP contribution in [0.5, 0.6) is 11.5 Å². The molecule has 3 aromatic carbocycles. The number of imide groups is 1. The fourth-order valence-electron chi connectivity index (χ4n) is 3.45. The van der Waals surface area contributed by atoms with E-state index < -0.39 is 11.1 Å². The minimum Gasteiger partial charge on any atom is -0.493 e. The molecule has 35 heavy (non-hydrogen) atoms. The van der Waals surface area contributed by atoms with E-state index in [0.717, 1.165) is 22.2 Å². The van der Waals surface area contributed by atoms with Crippen molar-refractivity contribution in [3.63, 3.8) is 0 Å². The highest BCUT2D eigenvalue weighted by Gasteiger charge is 2.36. The first-order chi connectivity index (χ1) is 17.0. The summed E-state index contributed by atoms with van der Waals surface area (Å²) >= 11 is 0.787. The number of hydrogen-bond acceptors (Lipinski definition) is 7. The quantitative estimate of drug-likeness (QED) is 0.325. The minimum atomic E-state index is -0.517. The van der Waals surface area contributed by atoms with Gasteiger partial charge in [0.25, 0.3) is 11.1 Å². The number of ketones is 1. The van der Waals surface area contributed by atoms with Crippen LogP contribution in [0.15, 0.2) is 77.7 Å². The van der Waals surface area contributed by atoms with Crippen molar-refractivity contribution in [3.05, 3.63) is 100.0 Å². The molecule has 0 bridgehead atoms. The van der Waals surface area contributed by atoms with Crippen LogP contribution in [-0.4, -0.2) is 35.5 Å². The van der Waals surface area contributed by atoms with Crippen LogP contribution in [0.25, 0.3) is 6.08 Å². The van der Waals surface area contributed by atoms with Gasteiger partial charge in [0.05, 0.1) is 30.2 Å². The van der Waals surface area contributed by atoms with Crippen LogP contribution < -0.4 is 9.47 Å². The van der Waals surface area contributed by atoms with Gasteiger partial charge in [0.15, 0.2) is 17.3 Å². The molecule has 0 N–H and O–H groups in total. The van der Waals surface area contributed by atoms with Crippen LogP contribution in [0.1, 0.15) is 27.0 Å². The van der Waals surface area contributed by atoms with Crippen molar-refractivity contribution < 1.29 is 23.9 Å². The highest BCUT2D eigenvalue weighted by molar-refractivity contribution is 8.18. The average Bonchev–Trinajstić information content (AvgIpc) is 3.15. The Balaban J connectivity index is 1.48. The van der Waals surface area contributed by atoms with E-state index in [9.17, 15) is 19.6 Å². The molecule has 0 radical (unpaired) electrons. The first-order valence-corrected chi connectivity index (χ1v) is 11.4. The van der Waals surface area contributed by atoms with Crippen LogP contribution >= 0.6 is 11.8 Å². The van der Waals surface area contributed by atoms with Crippen molar-refractivity contribution >= 4 is 34.8 Å². The molecule has 1 aliphatic heterocycles. The van der Waals surface area contributed by atoms with E-state index in [-0.39, 0.29) is 23.8 Å². The summed E-state index contributed by atoms with van der Waals surface area (Å²) in [5.41, 5.74) is 2.35. The molecule has 2 amide bonds. The van der Waals surface area contributed by atoms with Crippen molar-refractivity contribution in [1.82, 2.24) is 4.90 Å². The fraction of sp³-hybridized carbons (Fsp3) is 0.111. The van der Waals surface area contributed by atoms with Crippen LogP contribution in [0.4, 0.5) is 4.79 Å². The molecule has 0 aliphatic carbocycles. The lowest BCUT2D eigenvalue weighted by atomic mass is 10.1. The lowest BCUT2D eigenvalue weighted by Crippen LogP contribution is -2.33. The van der Waals surface area contributed by atoms with E-state index >= 15 is 0 Å². The molecule has 8 heteroatoms. The largest absolute Gasteiger partial charge is 0.493 e. The maximum Gasteiger partial charge on any atom is 0.293 e. The SMILES string of the molecule is COc1cc(/C=C2\SC(=O)N(CC(=O)c3ccccc3)C2=O)ccc1OCc1ccccc1C#N. The van der Waals surface area contributed by atoms with E-state index in [4.69, 9.17) is 9.47 Å². The number of carbonyl (C=O) groups excluding carboxylic acids is 3. The third kappa shape index (κ3) is 5.42. The molecule has 3 aromatic rings. The van der Waals surface area contributed by atoms with Gasteiger partial charge < -0.3 is 9.47 Å². The van der Waals surface area contributed by atoms with Gasteiger partial charge in [0.1, 0.15) is 6.61 Å². The maximum absolute atomic E-state index is 12.8. The van der Waals surface area contributed by atoms with Gasteiger partial charge in [-0.1, -0.05) is 54.6 Å². The third-order valence-electron chi connectivity index (χ3n) is 5.28. The highest BCUT2D eigenvalue weighted by atomic mass is 32.2. The Kier molecular flexibility index (Phi) is 7.29. The summed E-state index contributed by atoms with van der Waals surface area (Å²) in [6, 6.07) is 22.9. The number of hydrogen-bond donors (Lipinski definition) is 0. The summed E-state index contributed by atoms with van der Waals surface area (Å²) in [7, 11) is 1.50. The molecule has 1 fully saturated rings. The number of rotatable bonds is 8. The van der Waals surface area contributed by atoms with Crippen LogP contribution in [-0.2, 0) is 11.4 Å². The molecule has 0 saturated carbocycles. The molecule has 1 heterocycles. The second-order valence-corrected chi connectivity index (χ2v) is 8.52. The van der Waals surface area contributed by atoms with E-state index in [1.807, 2.05) is 12.1 Å². The van der Waals surface area contributed by atoms with Crippen molar-refractivity contribution in [2.24, 2.45) is 0 Å². The van der Waals surface area contributed by atoms with Gasteiger partial charge in [0.2, 0.25) is 0 Å². The Morgan fingerprint density at radius 2 is 1.77 bits per heavy atom. The standard InChI is InChI=1S/C27H20N2O5S/c1-33-24-13-18(11-12-23(24)34-17-21-10-6-5-9-20(21)15-28)14-25-26(31)29(27(32)35-25)16-22(30)19-7-3-2-4-8-19/h2-14H,16-17H2,1H3/b25-14-. The van der Waals surface area contributed by atoms with Gasteiger partial charge in [-0.25, -0.2) is 0 Å². The Bertz CT molecular complexity index is 1360. The lowest BCUT2D eigenvalue weighted by Gasteiger charge is -2.12. The second kappa shape index (κ2) is 10.7. The van der Waals surface area contributed by atoms with Crippen molar-refractivity contribution in [2.75, 3.05) is 13.7 Å². The number of amides is 2. The summed E-state index contributed by atoms with van der Waals surface area (Å²) in [6.45, 7) is -0.125. The molecule has 174 valence electrons. The first kappa shape index (κ1) is 23.8. The number of methoxy groups -OCH3 is 1. The molecule has 1 aliphatic rings. The zero-order valence-electron chi connectivity index (χ0n) is 18.8. The Labute approximate surface area is 206 Å². The van der Waals surface area contributed by atoms with E-state index in [2.05, 4.69) is 6.07 Å². The molecular formula is C27H20N2O5S. The number of ether oxygens (including phenoxy) is 2. The maximum atomic E-state index is 12.8. The predicted molar refractivity (Wildman–Crippen MR) is 132 cm³/mol. The number of Topliss-reactive ketones (excluding diaryl/α,β-unsaturated/α-hetero) is 1. The van der Waals surface area contributed by atoms with Crippen LogP contribution in [0, 0.1) is 11.3 Å². The second-order valence-electron chi connectivity index (χ2n) is 7.52. The number of thioether (sulfide) groups is 1. The smallest absolute Gasteiger partial charge is 0.293 e. The van der Waals surface area contributed by atoms with Gasteiger partial charge in [-0.15, -0.1) is 0 Å². The summed E-state index contributed by atoms with van der Waals surface area (Å²) in [5.74, 6) is 0.0811. The molecule has 0 unspecified atom stereocenters. The van der Waals surface area contributed by atoms with Gasteiger partial charge in [-0.2, -0.15) is 5.26 Å². The van der Waals surface area contributed by atoms with E-state index in [1.165, 1.54) is 7.11 Å². The molecule has 0 atom stereocenters. The van der Waals surface area contributed by atoms with E-state index in [1.54, 1.807) is 66.7 Å². The zero-order chi connectivity index (χ0) is 24.8. The molecular weight excluding hydrogens is 464 g/mol. The fourth-order valence-corrected chi connectivity index (χ4v) is 4.29. The van der Waals surface area contributed by atoms with E-state index in [0.29, 0.717) is 28.2 Å². The third-order valence-corrected chi connectivity index (χ3v) is 6.18. The van der Waals surface area contributed by atoms with Crippen molar-refractivity contribution in [1.29, 1.82) is 5.26 Å². The average molecular weight is 485 g/mol. The van der Waals surface area contributed by atoms with Gasteiger partial charge in [0, 0.05) is 11.1 Å². The van der Waals surface area contributed by atoms with Gasteiger partial charge in [-0.3, -0.25) is 19.3 Å². The minimum absolute atomic E-state index is 0.188. The van der Waals surface area contributed by atoms with Crippen LogP contribution in [0.3, 0.4) is 0 Å². The highest BCUT2D eigenvalue weighted by Crippen LogP contribution is 2.35. The first-order valence-electron chi connectivity index (χ1n) is 10.6. The monoisotopic (exact) mass is 484 g/mol. The topological polar surface area (TPSA) is 96.7 Å². The number of carbonyl (C=O) groups is 3. The Hall–Kier alpha value is -4.35. The Morgan fingerprint density at radius 1 is 1.03 bits per heavy atom. The summed E-state index contributed by atoms with van der Waals surface area (Å²) < 4.78 is 11.3. The molecule has 0 spiro atoms. The predicted octanol–water partition coefficient (Wildman–Crippen LogP) is 5.07. The molecule has 0 aromatic heterocycles. The summed E-state index contributed by atoms with van der Waals surface area (Å²) in [5, 5.41) is 8.75. The number of benzene rings is 3. The summed E-state index contributed by atoms with van der Waals surface area (Å²) in [4.78, 5) is 38.8. The molecule has 4 rings (SSSR count). The molecule has 1 saturated heterocycles. The number of nitriles is 1.